The maximum absolute atomic E-state index is 13.0. The van der Waals surface area contributed by atoms with Crippen LogP contribution in [0.15, 0.2) is 35.2 Å². The van der Waals surface area contributed by atoms with Crippen molar-refractivity contribution in [2.24, 2.45) is 0 Å². The fraction of sp³-hybridized carbons (Fsp3) is 0.444. The summed E-state index contributed by atoms with van der Waals surface area (Å²) in [6.45, 7) is 2.21. The SMILES string of the molecule is O=C(O)/C=C/c1ccc(S(=O)(=O)N2CCCC2C(=O)N2CCOCC2)cc1. The van der Waals surface area contributed by atoms with Crippen molar-refractivity contribution in [3.8, 4) is 0 Å². The van der Waals surface area contributed by atoms with Crippen molar-refractivity contribution < 1.29 is 27.9 Å². The largest absolute Gasteiger partial charge is 0.478 e. The molecule has 1 amide bonds. The average Bonchev–Trinajstić information content (AvgIpc) is 3.17. The lowest BCUT2D eigenvalue weighted by Crippen LogP contribution is -2.50. The summed E-state index contributed by atoms with van der Waals surface area (Å²) < 4.78 is 32.6. The molecule has 2 aliphatic rings. The van der Waals surface area contributed by atoms with E-state index >= 15 is 0 Å². The van der Waals surface area contributed by atoms with E-state index in [4.69, 9.17) is 9.84 Å². The fourth-order valence-corrected chi connectivity index (χ4v) is 4.97. The molecule has 2 heterocycles. The van der Waals surface area contributed by atoms with Gasteiger partial charge in [0.15, 0.2) is 0 Å². The molecule has 1 aromatic rings. The molecule has 1 N–H and O–H groups in total. The predicted octanol–water partition coefficient (Wildman–Crippen LogP) is 0.796. The van der Waals surface area contributed by atoms with Gasteiger partial charge in [0, 0.05) is 25.7 Å². The molecule has 3 rings (SSSR count). The Morgan fingerprint density at radius 3 is 2.41 bits per heavy atom. The van der Waals surface area contributed by atoms with Gasteiger partial charge in [0.05, 0.1) is 18.1 Å². The summed E-state index contributed by atoms with van der Waals surface area (Å²) in [5.41, 5.74) is 0.582. The normalized spacial score (nSPS) is 21.6. The zero-order valence-electron chi connectivity index (χ0n) is 14.8. The molecule has 0 saturated carbocycles. The highest BCUT2D eigenvalue weighted by Crippen LogP contribution is 2.28. The number of benzene rings is 1. The first-order valence-electron chi connectivity index (χ1n) is 8.79. The van der Waals surface area contributed by atoms with Crippen LogP contribution in [0.3, 0.4) is 0 Å². The van der Waals surface area contributed by atoms with Crippen molar-refractivity contribution in [2.75, 3.05) is 32.8 Å². The zero-order valence-corrected chi connectivity index (χ0v) is 15.6. The molecule has 146 valence electrons. The van der Waals surface area contributed by atoms with Crippen LogP contribution in [0.5, 0.6) is 0 Å². The zero-order chi connectivity index (χ0) is 19.4. The summed E-state index contributed by atoms with van der Waals surface area (Å²) in [4.78, 5) is 25.1. The van der Waals surface area contributed by atoms with Crippen LogP contribution in [-0.4, -0.2) is 73.5 Å². The van der Waals surface area contributed by atoms with E-state index in [0.29, 0.717) is 51.3 Å². The molecule has 1 atom stereocenters. The highest BCUT2D eigenvalue weighted by molar-refractivity contribution is 7.89. The molecule has 2 aliphatic heterocycles. The van der Waals surface area contributed by atoms with E-state index in [2.05, 4.69) is 0 Å². The van der Waals surface area contributed by atoms with Crippen LogP contribution < -0.4 is 0 Å². The molecule has 1 unspecified atom stereocenters. The lowest BCUT2D eigenvalue weighted by atomic mass is 10.2. The minimum absolute atomic E-state index is 0.0941. The third kappa shape index (κ3) is 4.37. The Bertz CT molecular complexity index is 828. The van der Waals surface area contributed by atoms with E-state index in [-0.39, 0.29) is 10.8 Å². The number of nitrogens with zero attached hydrogens (tertiary/aromatic N) is 2. The molecular weight excluding hydrogens is 372 g/mol. The van der Waals surface area contributed by atoms with Crippen LogP contribution in [0.1, 0.15) is 18.4 Å². The van der Waals surface area contributed by atoms with E-state index in [0.717, 1.165) is 6.08 Å². The van der Waals surface area contributed by atoms with Crippen LogP contribution in [0.4, 0.5) is 0 Å². The summed E-state index contributed by atoms with van der Waals surface area (Å²) in [6, 6.07) is 5.28. The number of morpholine rings is 1. The molecule has 0 radical (unpaired) electrons. The van der Waals surface area contributed by atoms with E-state index in [9.17, 15) is 18.0 Å². The molecule has 2 fully saturated rings. The van der Waals surface area contributed by atoms with Crippen LogP contribution in [0.2, 0.25) is 0 Å². The summed E-state index contributed by atoms with van der Waals surface area (Å²) in [7, 11) is -3.81. The van der Waals surface area contributed by atoms with Gasteiger partial charge in [-0.15, -0.1) is 0 Å². The van der Waals surface area contributed by atoms with Crippen molar-refractivity contribution >= 4 is 28.0 Å². The maximum Gasteiger partial charge on any atom is 0.328 e. The van der Waals surface area contributed by atoms with E-state index in [1.165, 1.54) is 22.5 Å². The molecule has 2 saturated heterocycles. The molecule has 27 heavy (non-hydrogen) atoms. The molecule has 0 bridgehead atoms. The van der Waals surface area contributed by atoms with Crippen molar-refractivity contribution in [1.82, 2.24) is 9.21 Å². The minimum Gasteiger partial charge on any atom is -0.478 e. The van der Waals surface area contributed by atoms with Gasteiger partial charge in [-0.05, 0) is 36.6 Å². The standard InChI is InChI=1S/C18H22N2O6S/c21-17(22)8-5-14-3-6-15(7-4-14)27(24,25)20-9-1-2-16(20)18(23)19-10-12-26-13-11-19/h3-8,16H,1-2,9-13H2,(H,21,22)/b8-5+. The van der Waals surface area contributed by atoms with E-state index in [1.54, 1.807) is 17.0 Å². The van der Waals surface area contributed by atoms with Gasteiger partial charge in [-0.3, -0.25) is 4.79 Å². The van der Waals surface area contributed by atoms with Gasteiger partial charge in [-0.2, -0.15) is 4.31 Å². The van der Waals surface area contributed by atoms with Gasteiger partial charge in [-0.1, -0.05) is 12.1 Å². The molecular formula is C18H22N2O6S. The van der Waals surface area contributed by atoms with E-state index in [1.807, 2.05) is 0 Å². The van der Waals surface area contributed by atoms with Gasteiger partial charge in [0.25, 0.3) is 0 Å². The summed E-state index contributed by atoms with van der Waals surface area (Å²) in [5.74, 6) is -1.24. The number of rotatable bonds is 5. The smallest absolute Gasteiger partial charge is 0.328 e. The quantitative estimate of drug-likeness (QED) is 0.741. The van der Waals surface area contributed by atoms with Gasteiger partial charge in [0.1, 0.15) is 6.04 Å². The number of carboxylic acid groups (broad SMARTS) is 1. The van der Waals surface area contributed by atoms with Crippen LogP contribution in [0, 0.1) is 0 Å². The Balaban J connectivity index is 1.78. The summed E-state index contributed by atoms with van der Waals surface area (Å²) >= 11 is 0. The molecule has 0 aliphatic carbocycles. The van der Waals surface area contributed by atoms with Crippen LogP contribution in [0.25, 0.3) is 6.08 Å². The summed E-state index contributed by atoms with van der Waals surface area (Å²) in [5, 5.41) is 8.66. The number of hydrogen-bond donors (Lipinski definition) is 1. The van der Waals surface area contributed by atoms with Crippen molar-refractivity contribution in [2.45, 2.75) is 23.8 Å². The topological polar surface area (TPSA) is 104 Å². The Labute approximate surface area is 158 Å². The molecule has 9 heteroatoms. The maximum atomic E-state index is 13.0. The first-order valence-corrected chi connectivity index (χ1v) is 10.2. The Morgan fingerprint density at radius 2 is 1.78 bits per heavy atom. The summed E-state index contributed by atoms with van der Waals surface area (Å²) in [6.07, 6.45) is 3.52. The second-order valence-corrected chi connectivity index (χ2v) is 8.34. The molecule has 0 aromatic heterocycles. The number of carboxylic acids is 1. The van der Waals surface area contributed by atoms with Gasteiger partial charge in [-0.25, -0.2) is 13.2 Å². The Hall–Kier alpha value is -2.23. The van der Waals surface area contributed by atoms with Crippen LogP contribution in [-0.2, 0) is 24.3 Å². The minimum atomic E-state index is -3.81. The first-order chi connectivity index (χ1) is 12.9. The highest BCUT2D eigenvalue weighted by Gasteiger charge is 2.41. The lowest BCUT2D eigenvalue weighted by Gasteiger charge is -2.32. The number of sulfonamides is 1. The van der Waals surface area contributed by atoms with Crippen molar-refractivity contribution in [1.29, 1.82) is 0 Å². The number of carbonyl (C=O) groups is 2. The number of carbonyl (C=O) groups excluding carboxylic acids is 1. The van der Waals surface area contributed by atoms with Crippen molar-refractivity contribution in [3.63, 3.8) is 0 Å². The second-order valence-electron chi connectivity index (χ2n) is 6.45. The van der Waals surface area contributed by atoms with E-state index < -0.39 is 22.0 Å². The predicted molar refractivity (Wildman–Crippen MR) is 97.4 cm³/mol. The van der Waals surface area contributed by atoms with Crippen LogP contribution >= 0.6 is 0 Å². The number of aliphatic carboxylic acids is 1. The van der Waals surface area contributed by atoms with Crippen molar-refractivity contribution in [3.05, 3.63) is 35.9 Å². The Morgan fingerprint density at radius 1 is 1.11 bits per heavy atom. The molecule has 0 spiro atoms. The third-order valence-electron chi connectivity index (χ3n) is 4.72. The average molecular weight is 394 g/mol. The molecule has 8 nitrogen and oxygen atoms in total. The van der Waals surface area contributed by atoms with Gasteiger partial charge >= 0.3 is 5.97 Å². The highest BCUT2D eigenvalue weighted by atomic mass is 32.2. The number of ether oxygens (including phenoxy) is 1. The first kappa shape index (κ1) is 19.5. The lowest BCUT2D eigenvalue weighted by molar-refractivity contribution is -0.138. The Kier molecular flexibility index (Phi) is 5.93. The fourth-order valence-electron chi connectivity index (χ4n) is 3.32. The number of hydrogen-bond acceptors (Lipinski definition) is 5. The number of amides is 1. The van der Waals surface area contributed by atoms with Gasteiger partial charge in [0.2, 0.25) is 15.9 Å². The molecule has 1 aromatic carbocycles. The third-order valence-corrected chi connectivity index (χ3v) is 6.64. The second kappa shape index (κ2) is 8.20. The van der Waals surface area contributed by atoms with Gasteiger partial charge < -0.3 is 14.7 Å². The monoisotopic (exact) mass is 394 g/mol.